The molecule has 0 radical (unpaired) electrons. The van der Waals surface area contributed by atoms with E-state index >= 15 is 0 Å². The van der Waals surface area contributed by atoms with Gasteiger partial charge in [-0.15, -0.1) is 0 Å². The third-order valence-corrected chi connectivity index (χ3v) is 3.34. The maximum absolute atomic E-state index is 7.66. The number of ether oxygens (including phenoxy) is 2. The molecule has 5 heteroatoms. The fourth-order valence-corrected chi connectivity index (χ4v) is 2.45. The third kappa shape index (κ3) is 0.899. The van der Waals surface area contributed by atoms with Crippen molar-refractivity contribution in [2.24, 2.45) is 7.05 Å². The van der Waals surface area contributed by atoms with Gasteiger partial charge in [-0.2, -0.15) is 0 Å². The van der Waals surface area contributed by atoms with Gasteiger partial charge in [-0.1, -0.05) is 11.3 Å². The summed E-state index contributed by atoms with van der Waals surface area (Å²) in [5, 5.41) is 7.66. The second-order valence-corrected chi connectivity index (χ2v) is 4.17. The highest BCUT2D eigenvalue weighted by Crippen LogP contribution is 2.36. The lowest BCUT2D eigenvalue weighted by Gasteiger charge is -1.97. The quantitative estimate of drug-likeness (QED) is 0.712. The number of thiazole rings is 1. The first-order valence-corrected chi connectivity index (χ1v) is 5.01. The second-order valence-electron chi connectivity index (χ2n) is 3.14. The molecular weight excluding hydrogens is 200 g/mol. The smallest absolute Gasteiger partial charge is 0.231 e. The standard InChI is InChI=1S/C9H8N2O2S/c1-11-5-2-6-7(13-4-12-6)3-8(5)14-9(11)10/h2-3,10H,4H2,1H3. The summed E-state index contributed by atoms with van der Waals surface area (Å²) in [7, 11) is 1.88. The summed E-state index contributed by atoms with van der Waals surface area (Å²) in [6.45, 7) is 0.296. The van der Waals surface area contributed by atoms with Gasteiger partial charge in [0.25, 0.3) is 0 Å². The molecule has 1 aliphatic heterocycles. The minimum atomic E-state index is 0.296. The van der Waals surface area contributed by atoms with Crippen LogP contribution in [0.3, 0.4) is 0 Å². The Hall–Kier alpha value is -1.49. The van der Waals surface area contributed by atoms with Gasteiger partial charge in [0.1, 0.15) is 0 Å². The summed E-state index contributed by atoms with van der Waals surface area (Å²) >= 11 is 1.44. The lowest BCUT2D eigenvalue weighted by Crippen LogP contribution is -2.06. The van der Waals surface area contributed by atoms with Crippen LogP contribution in [0.2, 0.25) is 0 Å². The van der Waals surface area contributed by atoms with Crippen LogP contribution in [0.5, 0.6) is 11.5 Å². The molecule has 0 fully saturated rings. The number of hydrogen-bond acceptors (Lipinski definition) is 4. The Labute approximate surface area is 83.8 Å². The van der Waals surface area contributed by atoms with E-state index < -0.39 is 0 Å². The van der Waals surface area contributed by atoms with Crippen molar-refractivity contribution in [1.82, 2.24) is 4.57 Å². The lowest BCUT2D eigenvalue weighted by atomic mass is 10.3. The highest BCUT2D eigenvalue weighted by molar-refractivity contribution is 7.16. The van der Waals surface area contributed by atoms with E-state index in [9.17, 15) is 0 Å². The van der Waals surface area contributed by atoms with Crippen LogP contribution in [0.4, 0.5) is 0 Å². The van der Waals surface area contributed by atoms with Crippen LogP contribution < -0.4 is 14.3 Å². The van der Waals surface area contributed by atoms with E-state index in [2.05, 4.69) is 0 Å². The zero-order chi connectivity index (χ0) is 9.71. The van der Waals surface area contributed by atoms with Crippen molar-refractivity contribution in [1.29, 1.82) is 5.41 Å². The number of aryl methyl sites for hydroxylation is 1. The van der Waals surface area contributed by atoms with E-state index in [0.717, 1.165) is 21.7 Å². The molecule has 1 aromatic carbocycles. The minimum absolute atomic E-state index is 0.296. The van der Waals surface area contributed by atoms with Crippen molar-refractivity contribution in [3.8, 4) is 11.5 Å². The number of nitrogens with zero attached hydrogens (tertiary/aromatic N) is 1. The molecule has 2 aromatic rings. The van der Waals surface area contributed by atoms with Crippen LogP contribution in [0.15, 0.2) is 12.1 Å². The lowest BCUT2D eigenvalue weighted by molar-refractivity contribution is 0.174. The van der Waals surface area contributed by atoms with E-state index in [1.54, 1.807) is 0 Å². The van der Waals surface area contributed by atoms with Crippen LogP contribution in [0, 0.1) is 5.41 Å². The number of aromatic nitrogens is 1. The van der Waals surface area contributed by atoms with Gasteiger partial charge in [-0.05, 0) is 0 Å². The molecule has 0 saturated carbocycles. The van der Waals surface area contributed by atoms with Crippen LogP contribution in [-0.2, 0) is 7.05 Å². The summed E-state index contributed by atoms with van der Waals surface area (Å²) < 4.78 is 13.4. The van der Waals surface area contributed by atoms with E-state index in [4.69, 9.17) is 14.9 Å². The zero-order valence-electron chi connectivity index (χ0n) is 7.53. The predicted octanol–water partition coefficient (Wildman–Crippen LogP) is 1.45. The Balaban J connectivity index is 2.44. The summed E-state index contributed by atoms with van der Waals surface area (Å²) in [6, 6.07) is 3.85. The van der Waals surface area contributed by atoms with Gasteiger partial charge in [0, 0.05) is 19.2 Å². The Morgan fingerprint density at radius 3 is 2.86 bits per heavy atom. The van der Waals surface area contributed by atoms with Crippen LogP contribution in [-0.4, -0.2) is 11.4 Å². The molecule has 72 valence electrons. The van der Waals surface area contributed by atoms with Gasteiger partial charge in [0.15, 0.2) is 16.3 Å². The van der Waals surface area contributed by atoms with E-state index in [-0.39, 0.29) is 0 Å². The molecule has 1 aromatic heterocycles. The maximum Gasteiger partial charge on any atom is 0.231 e. The van der Waals surface area contributed by atoms with Crippen LogP contribution in [0.25, 0.3) is 10.2 Å². The normalized spacial score (nSPS) is 13.8. The van der Waals surface area contributed by atoms with E-state index in [1.807, 2.05) is 23.7 Å². The molecule has 0 unspecified atom stereocenters. The number of benzene rings is 1. The van der Waals surface area contributed by atoms with Crippen LogP contribution >= 0.6 is 11.3 Å². The molecule has 14 heavy (non-hydrogen) atoms. The molecule has 1 aliphatic rings. The summed E-state index contributed by atoms with van der Waals surface area (Å²) in [6.07, 6.45) is 0. The Morgan fingerprint density at radius 1 is 1.36 bits per heavy atom. The van der Waals surface area contributed by atoms with Gasteiger partial charge < -0.3 is 14.0 Å². The number of rotatable bonds is 0. The highest BCUT2D eigenvalue weighted by Gasteiger charge is 2.16. The van der Waals surface area contributed by atoms with E-state index in [0.29, 0.717) is 11.6 Å². The van der Waals surface area contributed by atoms with E-state index in [1.165, 1.54) is 11.3 Å². The molecule has 1 N–H and O–H groups in total. The molecular formula is C9H8N2O2S. The van der Waals surface area contributed by atoms with Crippen LogP contribution in [0.1, 0.15) is 0 Å². The molecule has 0 bridgehead atoms. The number of nitrogens with one attached hydrogen (secondary N) is 1. The number of fused-ring (bicyclic) bond motifs is 2. The van der Waals surface area contributed by atoms with Gasteiger partial charge in [0.2, 0.25) is 6.79 Å². The second kappa shape index (κ2) is 2.51. The zero-order valence-corrected chi connectivity index (χ0v) is 8.35. The third-order valence-electron chi connectivity index (χ3n) is 2.33. The first kappa shape index (κ1) is 7.87. The highest BCUT2D eigenvalue weighted by atomic mass is 32.1. The molecule has 0 spiro atoms. The summed E-state index contributed by atoms with van der Waals surface area (Å²) in [4.78, 5) is 0.531. The first-order valence-electron chi connectivity index (χ1n) is 4.19. The van der Waals surface area contributed by atoms with Crippen molar-refractivity contribution in [2.45, 2.75) is 0 Å². The van der Waals surface area contributed by atoms with Crippen molar-refractivity contribution in [3.05, 3.63) is 16.9 Å². The maximum atomic E-state index is 7.66. The fourth-order valence-electron chi connectivity index (χ4n) is 1.54. The van der Waals surface area contributed by atoms with Gasteiger partial charge >= 0.3 is 0 Å². The molecule has 0 atom stereocenters. The Kier molecular flexibility index (Phi) is 1.41. The van der Waals surface area contributed by atoms with Crippen molar-refractivity contribution < 1.29 is 9.47 Å². The monoisotopic (exact) mass is 208 g/mol. The van der Waals surface area contributed by atoms with Crippen molar-refractivity contribution in [2.75, 3.05) is 6.79 Å². The predicted molar refractivity (Wildman–Crippen MR) is 52.8 cm³/mol. The average Bonchev–Trinajstić information content (AvgIpc) is 2.70. The molecule has 3 rings (SSSR count). The molecule has 4 nitrogen and oxygen atoms in total. The average molecular weight is 208 g/mol. The number of hydrogen-bond donors (Lipinski definition) is 1. The Bertz CT molecular complexity index is 570. The fraction of sp³-hybridized carbons (Fsp3) is 0.222. The topological polar surface area (TPSA) is 47.2 Å². The summed E-state index contributed by atoms with van der Waals surface area (Å²) in [5.74, 6) is 1.55. The van der Waals surface area contributed by atoms with Crippen molar-refractivity contribution >= 4 is 21.6 Å². The summed E-state index contributed by atoms with van der Waals surface area (Å²) in [5.41, 5.74) is 1.02. The molecule has 0 aliphatic carbocycles. The van der Waals surface area contributed by atoms with Gasteiger partial charge in [0.05, 0.1) is 10.2 Å². The SMILES string of the molecule is Cn1c(=N)sc2cc3c(cc21)OCO3. The molecule has 2 heterocycles. The minimum Gasteiger partial charge on any atom is -0.454 e. The van der Waals surface area contributed by atoms with Gasteiger partial charge in [-0.3, -0.25) is 5.41 Å². The molecule has 0 amide bonds. The van der Waals surface area contributed by atoms with Crippen molar-refractivity contribution in [3.63, 3.8) is 0 Å². The van der Waals surface area contributed by atoms with Gasteiger partial charge in [-0.25, -0.2) is 0 Å². The largest absolute Gasteiger partial charge is 0.454 e. The molecule has 0 saturated heterocycles. The Morgan fingerprint density at radius 2 is 2.07 bits per heavy atom. The first-order chi connectivity index (χ1) is 6.75.